The molecule has 84 valence electrons. The Bertz CT molecular complexity index is 515. The standard InChI is InChI=1S/C10H11ClN4O/c1-3-7-8(11)9(14(2)13-7)10(16)15-6-4-5-12-15/h4-6H,3H2,1-2H3. The highest BCUT2D eigenvalue weighted by Gasteiger charge is 2.21. The summed E-state index contributed by atoms with van der Waals surface area (Å²) in [5.41, 5.74) is 1.09. The molecule has 16 heavy (non-hydrogen) atoms. The molecule has 0 unspecified atom stereocenters. The zero-order chi connectivity index (χ0) is 11.7. The molecule has 2 rings (SSSR count). The molecule has 0 fully saturated rings. The van der Waals surface area contributed by atoms with E-state index in [2.05, 4.69) is 10.2 Å². The molecule has 0 N–H and O–H groups in total. The van der Waals surface area contributed by atoms with E-state index in [9.17, 15) is 4.79 Å². The van der Waals surface area contributed by atoms with Crippen LogP contribution in [0.1, 0.15) is 23.1 Å². The van der Waals surface area contributed by atoms with Crippen molar-refractivity contribution in [3.63, 3.8) is 0 Å². The molecule has 2 heterocycles. The van der Waals surface area contributed by atoms with Crippen molar-refractivity contribution in [1.82, 2.24) is 19.6 Å². The van der Waals surface area contributed by atoms with Crippen LogP contribution in [-0.2, 0) is 13.5 Å². The van der Waals surface area contributed by atoms with E-state index >= 15 is 0 Å². The Labute approximate surface area is 97.6 Å². The highest BCUT2D eigenvalue weighted by atomic mass is 35.5. The Morgan fingerprint density at radius 3 is 2.81 bits per heavy atom. The van der Waals surface area contributed by atoms with E-state index in [0.717, 1.165) is 5.69 Å². The predicted octanol–water partition coefficient (Wildman–Crippen LogP) is 1.52. The minimum absolute atomic E-state index is 0.273. The van der Waals surface area contributed by atoms with Gasteiger partial charge in [-0.1, -0.05) is 18.5 Å². The summed E-state index contributed by atoms with van der Waals surface area (Å²) >= 11 is 6.10. The molecule has 0 atom stereocenters. The SMILES string of the molecule is CCc1nn(C)c(C(=O)n2cccn2)c1Cl. The van der Waals surface area contributed by atoms with E-state index in [4.69, 9.17) is 11.6 Å². The minimum atomic E-state index is -0.273. The molecule has 0 saturated heterocycles. The summed E-state index contributed by atoms with van der Waals surface area (Å²) in [7, 11) is 1.70. The second-order valence-electron chi connectivity index (χ2n) is 3.34. The number of carbonyl (C=O) groups excluding carboxylic acids is 1. The Morgan fingerprint density at radius 1 is 1.56 bits per heavy atom. The van der Waals surface area contributed by atoms with Crippen molar-refractivity contribution in [3.05, 3.63) is 34.9 Å². The molecule has 6 heteroatoms. The average Bonchev–Trinajstić information content (AvgIpc) is 2.86. The molecule has 0 amide bonds. The van der Waals surface area contributed by atoms with Crippen LogP contribution in [0.5, 0.6) is 0 Å². The van der Waals surface area contributed by atoms with Crippen LogP contribution in [0.4, 0.5) is 0 Å². The minimum Gasteiger partial charge on any atom is -0.265 e. The normalized spacial score (nSPS) is 10.7. The highest BCUT2D eigenvalue weighted by Crippen LogP contribution is 2.21. The Balaban J connectivity index is 2.48. The van der Waals surface area contributed by atoms with Gasteiger partial charge in [0, 0.05) is 19.4 Å². The first-order valence-corrected chi connectivity index (χ1v) is 5.28. The molecule has 2 aromatic rings. The third-order valence-electron chi connectivity index (χ3n) is 2.31. The van der Waals surface area contributed by atoms with E-state index in [1.807, 2.05) is 6.92 Å². The van der Waals surface area contributed by atoms with Gasteiger partial charge in [-0.3, -0.25) is 9.48 Å². The van der Waals surface area contributed by atoms with Crippen LogP contribution in [0.2, 0.25) is 5.02 Å². The van der Waals surface area contributed by atoms with E-state index in [0.29, 0.717) is 17.1 Å². The molecule has 0 saturated carbocycles. The van der Waals surface area contributed by atoms with Crippen LogP contribution in [-0.4, -0.2) is 25.5 Å². The van der Waals surface area contributed by atoms with Gasteiger partial charge in [-0.05, 0) is 12.5 Å². The Morgan fingerprint density at radius 2 is 2.31 bits per heavy atom. The van der Waals surface area contributed by atoms with Crippen LogP contribution in [0.25, 0.3) is 0 Å². The smallest absolute Gasteiger partial charge is 0.265 e. The highest BCUT2D eigenvalue weighted by molar-refractivity contribution is 6.34. The van der Waals surface area contributed by atoms with E-state index in [-0.39, 0.29) is 5.91 Å². The number of hydrogen-bond acceptors (Lipinski definition) is 3. The monoisotopic (exact) mass is 238 g/mol. The van der Waals surface area contributed by atoms with Crippen LogP contribution < -0.4 is 0 Å². The van der Waals surface area contributed by atoms with Crippen molar-refractivity contribution >= 4 is 17.5 Å². The van der Waals surface area contributed by atoms with Crippen molar-refractivity contribution in [1.29, 1.82) is 0 Å². The molecular formula is C10H11ClN4O. The molecule has 0 aliphatic rings. The second kappa shape index (κ2) is 4.09. The zero-order valence-electron chi connectivity index (χ0n) is 9.01. The lowest BCUT2D eigenvalue weighted by Gasteiger charge is -2.01. The van der Waals surface area contributed by atoms with Crippen LogP contribution >= 0.6 is 11.6 Å². The number of nitrogens with zero attached hydrogens (tertiary/aromatic N) is 4. The topological polar surface area (TPSA) is 52.7 Å². The fourth-order valence-corrected chi connectivity index (χ4v) is 1.88. The third kappa shape index (κ3) is 1.63. The van der Waals surface area contributed by atoms with Gasteiger partial charge in [0.25, 0.3) is 5.91 Å². The van der Waals surface area contributed by atoms with Crippen molar-refractivity contribution in [2.75, 3.05) is 0 Å². The number of carbonyl (C=O) groups is 1. The number of hydrogen-bond donors (Lipinski definition) is 0. The maximum absolute atomic E-state index is 12.0. The largest absolute Gasteiger partial charge is 0.297 e. The first-order valence-electron chi connectivity index (χ1n) is 4.90. The van der Waals surface area contributed by atoms with Gasteiger partial charge in [0.15, 0.2) is 0 Å². The van der Waals surface area contributed by atoms with Gasteiger partial charge in [0.2, 0.25) is 0 Å². The van der Waals surface area contributed by atoms with Crippen LogP contribution in [0.15, 0.2) is 18.5 Å². The lowest BCUT2D eigenvalue weighted by atomic mass is 10.3. The lowest BCUT2D eigenvalue weighted by Crippen LogP contribution is -2.16. The van der Waals surface area contributed by atoms with Gasteiger partial charge in [0.1, 0.15) is 5.69 Å². The molecular weight excluding hydrogens is 228 g/mol. The molecule has 0 aliphatic carbocycles. The van der Waals surface area contributed by atoms with Gasteiger partial charge in [-0.15, -0.1) is 0 Å². The summed E-state index contributed by atoms with van der Waals surface area (Å²) in [5.74, 6) is -0.273. The van der Waals surface area contributed by atoms with Gasteiger partial charge >= 0.3 is 0 Å². The molecule has 0 aliphatic heterocycles. The second-order valence-corrected chi connectivity index (χ2v) is 3.72. The van der Waals surface area contributed by atoms with Crippen LogP contribution in [0, 0.1) is 0 Å². The van der Waals surface area contributed by atoms with Crippen molar-refractivity contribution in [2.45, 2.75) is 13.3 Å². The maximum Gasteiger partial charge on any atom is 0.297 e. The Hall–Kier alpha value is -1.62. The van der Waals surface area contributed by atoms with Crippen molar-refractivity contribution < 1.29 is 4.79 Å². The number of halogens is 1. The third-order valence-corrected chi connectivity index (χ3v) is 2.70. The lowest BCUT2D eigenvalue weighted by molar-refractivity contribution is 0.0936. The summed E-state index contributed by atoms with van der Waals surface area (Å²) in [6.07, 6.45) is 3.82. The summed E-state index contributed by atoms with van der Waals surface area (Å²) < 4.78 is 2.73. The van der Waals surface area contributed by atoms with E-state index < -0.39 is 0 Å². The summed E-state index contributed by atoms with van der Waals surface area (Å²) in [6, 6.07) is 1.68. The first-order chi connectivity index (χ1) is 7.65. The molecule has 0 aromatic carbocycles. The van der Waals surface area contributed by atoms with Gasteiger partial charge < -0.3 is 0 Å². The van der Waals surface area contributed by atoms with Crippen molar-refractivity contribution in [2.24, 2.45) is 7.05 Å². The number of aromatic nitrogens is 4. The first kappa shape index (κ1) is 10.9. The molecule has 0 bridgehead atoms. The van der Waals surface area contributed by atoms with Crippen LogP contribution in [0.3, 0.4) is 0 Å². The molecule has 0 radical (unpaired) electrons. The summed E-state index contributed by atoms with van der Waals surface area (Å²) in [5, 5.41) is 8.47. The van der Waals surface area contributed by atoms with Crippen molar-refractivity contribution in [3.8, 4) is 0 Å². The average molecular weight is 239 g/mol. The fraction of sp³-hybridized carbons (Fsp3) is 0.300. The quantitative estimate of drug-likeness (QED) is 0.797. The summed E-state index contributed by atoms with van der Waals surface area (Å²) in [4.78, 5) is 12.0. The molecule has 0 spiro atoms. The number of aryl methyl sites for hydroxylation is 2. The Kier molecular flexibility index (Phi) is 2.78. The fourth-order valence-electron chi connectivity index (χ4n) is 1.51. The predicted molar refractivity (Wildman–Crippen MR) is 59.6 cm³/mol. The van der Waals surface area contributed by atoms with Gasteiger partial charge in [-0.2, -0.15) is 10.2 Å². The van der Waals surface area contributed by atoms with E-state index in [1.165, 1.54) is 9.36 Å². The molecule has 5 nitrogen and oxygen atoms in total. The molecule has 2 aromatic heterocycles. The zero-order valence-corrected chi connectivity index (χ0v) is 9.77. The van der Waals surface area contributed by atoms with Gasteiger partial charge in [-0.25, -0.2) is 4.68 Å². The van der Waals surface area contributed by atoms with Gasteiger partial charge in [0.05, 0.1) is 10.7 Å². The van der Waals surface area contributed by atoms with E-state index in [1.54, 1.807) is 25.5 Å². The summed E-state index contributed by atoms with van der Waals surface area (Å²) in [6.45, 7) is 1.94. The maximum atomic E-state index is 12.0. The number of rotatable bonds is 2.